The number of hydrogen-bond acceptors (Lipinski definition) is 4. The topological polar surface area (TPSA) is 69.4 Å². The van der Waals surface area contributed by atoms with Crippen molar-refractivity contribution in [3.63, 3.8) is 0 Å². The van der Waals surface area contributed by atoms with E-state index in [-0.39, 0.29) is 3.89 Å². The van der Waals surface area contributed by atoms with Crippen LogP contribution in [0.1, 0.15) is 24.0 Å². The molecule has 0 radical (unpaired) electrons. The molecular weight excluding hydrogens is 384 g/mol. The average Bonchev–Trinajstić information content (AvgIpc) is 2.73. The molecule has 0 aromatic heterocycles. The first-order valence-electron chi connectivity index (χ1n) is 9.98. The summed E-state index contributed by atoms with van der Waals surface area (Å²) in [6.07, 6.45) is 11.5. The van der Waals surface area contributed by atoms with Gasteiger partial charge >= 0.3 is 10.0 Å². The number of benzene rings is 2. The normalized spacial score (nSPS) is 21.4. The summed E-state index contributed by atoms with van der Waals surface area (Å²) >= 11 is 0. The Bertz CT molecular complexity index is 1070. The molecule has 0 saturated carbocycles. The van der Waals surface area contributed by atoms with Gasteiger partial charge < -0.3 is 10.5 Å². The SMILES string of the molecule is CS(=O)(=O)[N+]1(c2ccc(Oc3ccc4c(c3)CCCC4)cc2)C=C(CN)C=CC1. The molecule has 0 bridgehead atoms. The lowest BCUT2D eigenvalue weighted by molar-refractivity contribution is 0.479. The maximum atomic E-state index is 12.7. The molecule has 0 spiro atoms. The van der Waals surface area contributed by atoms with Gasteiger partial charge in [-0.15, -0.1) is 0 Å². The molecule has 2 N–H and O–H groups in total. The zero-order chi connectivity index (χ0) is 20.5. The lowest BCUT2D eigenvalue weighted by Gasteiger charge is -2.33. The van der Waals surface area contributed by atoms with Crippen molar-refractivity contribution in [2.24, 2.45) is 5.73 Å². The van der Waals surface area contributed by atoms with E-state index in [2.05, 4.69) is 12.1 Å². The monoisotopic (exact) mass is 411 g/mol. The molecule has 1 aliphatic heterocycles. The van der Waals surface area contributed by atoms with Gasteiger partial charge in [0.1, 0.15) is 24.2 Å². The Morgan fingerprint density at radius 1 is 1.00 bits per heavy atom. The summed E-state index contributed by atoms with van der Waals surface area (Å²) in [6, 6.07) is 13.6. The fourth-order valence-corrected chi connectivity index (χ4v) is 5.31. The van der Waals surface area contributed by atoms with Gasteiger partial charge in [-0.25, -0.2) is 0 Å². The van der Waals surface area contributed by atoms with Crippen molar-refractivity contribution in [2.45, 2.75) is 25.7 Å². The standard InChI is InChI=1S/C23H27N2O3S/c1-29(26,27)25(14-4-5-18(16-24)17-25)21-9-12-22(13-10-21)28-23-11-8-19-6-2-3-7-20(19)15-23/h4-5,8-13,15,17H,2-3,6-7,14,16,24H2,1H3/q+1. The van der Waals surface area contributed by atoms with Gasteiger partial charge in [0.25, 0.3) is 0 Å². The number of hydrogen-bond donors (Lipinski definition) is 1. The van der Waals surface area contributed by atoms with Crippen molar-refractivity contribution in [3.05, 3.63) is 77.5 Å². The number of aryl methyl sites for hydroxylation is 2. The van der Waals surface area contributed by atoms with Crippen molar-refractivity contribution in [1.82, 2.24) is 3.89 Å². The molecule has 1 heterocycles. The molecule has 5 nitrogen and oxygen atoms in total. The van der Waals surface area contributed by atoms with Crippen LogP contribution in [0.4, 0.5) is 5.69 Å². The first-order valence-corrected chi connectivity index (χ1v) is 11.8. The minimum absolute atomic E-state index is 0.269. The van der Waals surface area contributed by atoms with Gasteiger partial charge in [-0.2, -0.15) is 12.3 Å². The van der Waals surface area contributed by atoms with E-state index in [0.29, 0.717) is 24.5 Å². The summed E-state index contributed by atoms with van der Waals surface area (Å²) in [5.41, 5.74) is 10.0. The molecule has 0 fully saturated rings. The largest absolute Gasteiger partial charge is 0.457 e. The van der Waals surface area contributed by atoms with E-state index < -0.39 is 10.0 Å². The summed E-state index contributed by atoms with van der Waals surface area (Å²) in [6.45, 7) is 0.638. The van der Waals surface area contributed by atoms with Crippen LogP contribution in [0.25, 0.3) is 0 Å². The molecule has 0 amide bonds. The van der Waals surface area contributed by atoms with Gasteiger partial charge in [0.15, 0.2) is 5.69 Å². The van der Waals surface area contributed by atoms with Crippen molar-refractivity contribution < 1.29 is 13.2 Å². The summed E-state index contributed by atoms with van der Waals surface area (Å²) < 4.78 is 31.2. The Hall–Kier alpha value is -2.41. The number of nitrogens with zero attached hydrogens (tertiary/aromatic N) is 1. The van der Waals surface area contributed by atoms with Gasteiger partial charge in [-0.1, -0.05) is 12.1 Å². The quantitative estimate of drug-likeness (QED) is 0.754. The Labute approximate surface area is 172 Å². The van der Waals surface area contributed by atoms with Gasteiger partial charge in [0, 0.05) is 24.3 Å². The second-order valence-electron chi connectivity index (χ2n) is 7.76. The Morgan fingerprint density at radius 2 is 1.69 bits per heavy atom. The highest BCUT2D eigenvalue weighted by Gasteiger charge is 2.40. The predicted octanol–water partition coefficient (Wildman–Crippen LogP) is 4.04. The van der Waals surface area contributed by atoms with Crippen molar-refractivity contribution in [2.75, 3.05) is 19.3 Å². The molecule has 1 unspecified atom stereocenters. The third-order valence-corrected chi connectivity index (χ3v) is 7.39. The molecular formula is C23H27N2O3S+. The molecule has 6 heteroatoms. The van der Waals surface area contributed by atoms with Crippen LogP contribution in [-0.2, 0) is 22.9 Å². The molecule has 0 saturated heterocycles. The van der Waals surface area contributed by atoms with Gasteiger partial charge in [-0.3, -0.25) is 0 Å². The zero-order valence-electron chi connectivity index (χ0n) is 16.7. The van der Waals surface area contributed by atoms with Gasteiger partial charge in [-0.05, 0) is 67.2 Å². The molecule has 4 rings (SSSR count). The van der Waals surface area contributed by atoms with Crippen LogP contribution in [0.5, 0.6) is 11.5 Å². The van der Waals surface area contributed by atoms with E-state index in [1.165, 1.54) is 30.2 Å². The van der Waals surface area contributed by atoms with E-state index in [1.54, 1.807) is 6.20 Å². The summed E-state index contributed by atoms with van der Waals surface area (Å²) in [5, 5.41) is 0. The molecule has 1 aliphatic carbocycles. The predicted molar refractivity (Wildman–Crippen MR) is 117 cm³/mol. The van der Waals surface area contributed by atoms with Crippen LogP contribution in [0, 0.1) is 0 Å². The Kier molecular flexibility index (Phi) is 5.34. The first-order chi connectivity index (χ1) is 13.9. The lowest BCUT2D eigenvalue weighted by atomic mass is 9.92. The fraction of sp³-hybridized carbons (Fsp3) is 0.304. The van der Waals surface area contributed by atoms with Crippen LogP contribution >= 0.6 is 0 Å². The molecule has 152 valence electrons. The van der Waals surface area contributed by atoms with Crippen LogP contribution in [0.2, 0.25) is 0 Å². The summed E-state index contributed by atoms with van der Waals surface area (Å²) in [4.78, 5) is 0. The molecule has 2 aliphatic rings. The Morgan fingerprint density at radius 3 is 2.38 bits per heavy atom. The number of fused-ring (bicyclic) bond motifs is 1. The number of sulfonamides is 1. The van der Waals surface area contributed by atoms with Gasteiger partial charge in [0.2, 0.25) is 0 Å². The van der Waals surface area contributed by atoms with Crippen LogP contribution < -0.4 is 14.4 Å². The molecule has 2 aromatic carbocycles. The van der Waals surface area contributed by atoms with Crippen LogP contribution in [0.3, 0.4) is 0 Å². The Balaban J connectivity index is 1.61. The van der Waals surface area contributed by atoms with Crippen LogP contribution in [0.15, 0.2) is 66.4 Å². The van der Waals surface area contributed by atoms with Crippen molar-refractivity contribution in [1.29, 1.82) is 0 Å². The zero-order valence-corrected chi connectivity index (χ0v) is 17.5. The smallest absolute Gasteiger partial charge is 0.303 e. The maximum absolute atomic E-state index is 12.7. The van der Waals surface area contributed by atoms with Crippen LogP contribution in [-0.4, -0.2) is 27.8 Å². The summed E-state index contributed by atoms with van der Waals surface area (Å²) in [5.74, 6) is 1.50. The van der Waals surface area contributed by atoms with E-state index in [1.807, 2.05) is 42.5 Å². The van der Waals surface area contributed by atoms with E-state index in [9.17, 15) is 8.42 Å². The number of ether oxygens (including phenoxy) is 1. The maximum Gasteiger partial charge on any atom is 0.303 e. The second kappa shape index (κ2) is 7.78. The van der Waals surface area contributed by atoms with E-state index in [0.717, 1.165) is 24.2 Å². The second-order valence-corrected chi connectivity index (χ2v) is 9.87. The van der Waals surface area contributed by atoms with Crippen molar-refractivity contribution >= 4 is 15.7 Å². The number of quaternary nitrogens is 1. The van der Waals surface area contributed by atoms with Gasteiger partial charge in [0.05, 0.1) is 6.26 Å². The number of nitrogens with two attached hydrogens (primary N) is 1. The average molecular weight is 412 g/mol. The molecule has 1 atom stereocenters. The summed E-state index contributed by atoms with van der Waals surface area (Å²) in [7, 11) is -3.45. The minimum Gasteiger partial charge on any atom is -0.457 e. The highest BCUT2D eigenvalue weighted by atomic mass is 32.2. The van der Waals surface area contributed by atoms with E-state index >= 15 is 0 Å². The molecule has 29 heavy (non-hydrogen) atoms. The fourth-order valence-electron chi connectivity index (χ4n) is 4.12. The van der Waals surface area contributed by atoms with E-state index in [4.69, 9.17) is 10.5 Å². The highest BCUT2D eigenvalue weighted by molar-refractivity contribution is 7.90. The molecule has 2 aromatic rings. The third-order valence-electron chi connectivity index (χ3n) is 5.74. The van der Waals surface area contributed by atoms with Crippen molar-refractivity contribution in [3.8, 4) is 11.5 Å². The highest BCUT2D eigenvalue weighted by Crippen LogP contribution is 2.34. The minimum atomic E-state index is -3.45. The third kappa shape index (κ3) is 3.88. The first kappa shape index (κ1) is 19.9. The number of rotatable bonds is 5. The lowest BCUT2D eigenvalue weighted by Crippen LogP contribution is -2.50.